The summed E-state index contributed by atoms with van der Waals surface area (Å²) in [5.74, 6) is -3.05. The van der Waals surface area contributed by atoms with Crippen LogP contribution >= 0.6 is 27.3 Å². The highest BCUT2D eigenvalue weighted by molar-refractivity contribution is 9.11. The van der Waals surface area contributed by atoms with Crippen LogP contribution in [0.15, 0.2) is 44.9 Å². The number of aliphatic hydroxyl groups excluding tert-OH is 1. The van der Waals surface area contributed by atoms with Crippen LogP contribution in [0.25, 0.3) is 0 Å². The maximum atomic E-state index is 17.9. The normalized spacial score (nSPS) is 37.7. The Morgan fingerprint density at radius 1 is 1.16 bits per heavy atom. The van der Waals surface area contributed by atoms with Crippen molar-refractivity contribution >= 4 is 50.7 Å². The van der Waals surface area contributed by atoms with Gasteiger partial charge >= 0.3 is 11.9 Å². The first-order valence-corrected chi connectivity index (χ1v) is 17.5. The number of allylic oxidation sites excluding steroid dienone is 4. The van der Waals surface area contributed by atoms with E-state index in [0.29, 0.717) is 31.6 Å². The van der Waals surface area contributed by atoms with Crippen LogP contribution < -0.4 is 0 Å². The SMILES string of the molecule is CCC(=O)OCC(=O)[C@]1(OC(=O)CC)[C@@H](C)C[C@H]2[C@@H]3CCC4=C/C(=N/OCCc5ccc(Br)s5)C=C[C@]4(C)[C@@]3(F)[C@@H](O)C[C@@]21C. The Kier molecular flexibility index (Phi) is 9.57. The Hall–Kier alpha value is -2.37. The number of esters is 2. The lowest BCUT2D eigenvalue weighted by Crippen LogP contribution is -2.70. The van der Waals surface area contributed by atoms with Crippen LogP contribution in [0.2, 0.25) is 0 Å². The molecular formula is C34H43BrFNO7S. The fourth-order valence-corrected chi connectivity index (χ4v) is 10.3. The maximum Gasteiger partial charge on any atom is 0.306 e. The van der Waals surface area contributed by atoms with Gasteiger partial charge in [0.25, 0.3) is 0 Å². The highest BCUT2D eigenvalue weighted by Crippen LogP contribution is 2.71. The molecule has 0 radical (unpaired) electrons. The van der Waals surface area contributed by atoms with Crippen LogP contribution in [-0.4, -0.2) is 59.1 Å². The lowest BCUT2D eigenvalue weighted by molar-refractivity contribution is -0.228. The minimum Gasteiger partial charge on any atom is -0.457 e. The van der Waals surface area contributed by atoms with Crippen LogP contribution in [0.5, 0.6) is 0 Å². The van der Waals surface area contributed by atoms with Gasteiger partial charge in [-0.3, -0.25) is 14.4 Å². The molecule has 1 aromatic heterocycles. The molecule has 0 unspecified atom stereocenters. The van der Waals surface area contributed by atoms with Gasteiger partial charge in [0.1, 0.15) is 12.3 Å². The number of carbonyl (C=O) groups excluding carboxylic acids is 3. The van der Waals surface area contributed by atoms with Crippen molar-refractivity contribution in [3.8, 4) is 0 Å². The fourth-order valence-electron chi connectivity index (χ4n) is 8.83. The van der Waals surface area contributed by atoms with Gasteiger partial charge in [0.15, 0.2) is 17.9 Å². The van der Waals surface area contributed by atoms with E-state index in [4.69, 9.17) is 14.3 Å². The number of ether oxygens (including phenoxy) is 2. The molecule has 3 fully saturated rings. The van der Waals surface area contributed by atoms with Crippen LogP contribution in [0.1, 0.15) is 78.0 Å². The number of alkyl halides is 1. The zero-order valence-corrected chi connectivity index (χ0v) is 29.0. The van der Waals surface area contributed by atoms with E-state index >= 15 is 4.39 Å². The predicted octanol–water partition coefficient (Wildman–Crippen LogP) is 6.69. The first kappa shape index (κ1) is 34.0. The molecule has 8 nitrogen and oxygen atoms in total. The number of aliphatic hydroxyl groups is 1. The maximum absolute atomic E-state index is 17.9. The third-order valence-electron chi connectivity index (χ3n) is 11.1. The van der Waals surface area contributed by atoms with Crippen LogP contribution in [0, 0.1) is 28.6 Å². The number of hydrogen-bond donors (Lipinski definition) is 1. The summed E-state index contributed by atoms with van der Waals surface area (Å²) in [7, 11) is 0. The zero-order valence-electron chi connectivity index (χ0n) is 26.6. The molecule has 4 aliphatic carbocycles. The number of carbonyl (C=O) groups is 3. The van der Waals surface area contributed by atoms with E-state index in [2.05, 4.69) is 21.1 Å². The van der Waals surface area contributed by atoms with Crippen LogP contribution in [0.3, 0.4) is 0 Å². The molecule has 1 heterocycles. The number of halogens is 2. The van der Waals surface area contributed by atoms with Crippen LogP contribution in [0.4, 0.5) is 4.39 Å². The number of oxime groups is 1. The summed E-state index contributed by atoms with van der Waals surface area (Å²) in [5, 5.41) is 16.1. The molecule has 0 spiro atoms. The molecule has 8 atom stereocenters. The molecule has 0 saturated heterocycles. The van der Waals surface area contributed by atoms with E-state index < -0.39 is 64.4 Å². The monoisotopic (exact) mass is 707 g/mol. The van der Waals surface area contributed by atoms with Crippen molar-refractivity contribution < 1.29 is 38.2 Å². The van der Waals surface area contributed by atoms with E-state index in [1.165, 1.54) is 4.88 Å². The molecular weight excluding hydrogens is 665 g/mol. The van der Waals surface area contributed by atoms with Gasteiger partial charge in [0, 0.05) is 46.8 Å². The van der Waals surface area contributed by atoms with Gasteiger partial charge in [-0.1, -0.05) is 44.5 Å². The van der Waals surface area contributed by atoms with E-state index in [1.807, 2.05) is 39.0 Å². The summed E-state index contributed by atoms with van der Waals surface area (Å²) in [6.07, 6.45) is 6.24. The molecule has 45 heavy (non-hydrogen) atoms. The Labute approximate surface area is 276 Å². The average Bonchev–Trinajstić information content (AvgIpc) is 3.52. The minimum atomic E-state index is -2.03. The number of ketones is 1. The van der Waals surface area contributed by atoms with Gasteiger partial charge in [-0.2, -0.15) is 0 Å². The second kappa shape index (κ2) is 12.7. The first-order valence-electron chi connectivity index (χ1n) is 15.9. The zero-order chi connectivity index (χ0) is 32.8. The van der Waals surface area contributed by atoms with Gasteiger partial charge in [0.05, 0.1) is 9.89 Å². The van der Waals surface area contributed by atoms with E-state index in [9.17, 15) is 19.5 Å². The van der Waals surface area contributed by atoms with Gasteiger partial charge in [-0.25, -0.2) is 4.39 Å². The summed E-state index contributed by atoms with van der Waals surface area (Å²) in [6, 6.07) is 4.04. The Bertz CT molecular complexity index is 1440. The topological polar surface area (TPSA) is 111 Å². The van der Waals surface area contributed by atoms with Crippen molar-refractivity contribution in [1.82, 2.24) is 0 Å². The van der Waals surface area contributed by atoms with Crippen molar-refractivity contribution in [2.24, 2.45) is 33.7 Å². The third-order valence-corrected chi connectivity index (χ3v) is 12.7. The smallest absolute Gasteiger partial charge is 0.306 e. The molecule has 246 valence electrons. The number of Topliss-reactive ketones (excluding diaryl/α,β-unsaturated/α-hetero) is 1. The Morgan fingerprint density at radius 3 is 2.56 bits per heavy atom. The molecule has 0 aromatic carbocycles. The predicted molar refractivity (Wildman–Crippen MR) is 172 cm³/mol. The molecule has 5 rings (SSSR count). The molecule has 4 aliphatic rings. The van der Waals surface area contributed by atoms with E-state index in [-0.39, 0.29) is 25.2 Å². The summed E-state index contributed by atoms with van der Waals surface area (Å²) in [5.41, 5.74) is -4.42. The molecule has 1 aromatic rings. The number of thiophene rings is 1. The van der Waals surface area contributed by atoms with Crippen molar-refractivity contribution in [3.63, 3.8) is 0 Å². The summed E-state index contributed by atoms with van der Waals surface area (Å²) in [4.78, 5) is 45.6. The number of hydrogen-bond acceptors (Lipinski definition) is 9. The van der Waals surface area contributed by atoms with Gasteiger partial charge < -0.3 is 19.4 Å². The lowest BCUT2D eigenvalue weighted by Gasteiger charge is -2.62. The molecule has 0 bridgehead atoms. The van der Waals surface area contributed by atoms with Crippen molar-refractivity contribution in [2.45, 2.75) is 96.9 Å². The fraction of sp³-hybridized carbons (Fsp3) is 0.647. The number of nitrogens with zero attached hydrogens (tertiary/aromatic N) is 1. The quantitative estimate of drug-likeness (QED) is 0.164. The van der Waals surface area contributed by atoms with Crippen LogP contribution in [-0.2, 0) is 35.1 Å². The Balaban J connectivity index is 1.42. The first-order chi connectivity index (χ1) is 21.3. The molecule has 11 heteroatoms. The molecule has 3 saturated carbocycles. The average molecular weight is 709 g/mol. The van der Waals surface area contributed by atoms with Gasteiger partial charge in [-0.15, -0.1) is 11.3 Å². The number of fused-ring (bicyclic) bond motifs is 5. The summed E-state index contributed by atoms with van der Waals surface area (Å²) < 4.78 is 30.3. The van der Waals surface area contributed by atoms with Crippen molar-refractivity contribution in [2.75, 3.05) is 13.2 Å². The standard InChI is InChI=1S/C34H43BrFNO7S/c1-6-29(40)42-19-27(39)34(44-30(41)7-2)20(3)16-25-24-10-8-21-17-22(37-43-15-13-23-9-11-28(35)45-23)12-14-31(21,4)33(24,36)26(38)18-32(25,34)5/h9,11-12,14,17,20,24-26,38H,6-8,10,13,15-16,18-19H2,1-5H3/b37-22+/t20-,24-,25-,26-,31-,32-,33-,34+/m0/s1. The van der Waals surface area contributed by atoms with Crippen molar-refractivity contribution in [1.29, 1.82) is 0 Å². The van der Waals surface area contributed by atoms with Gasteiger partial charge in [-0.05, 0) is 78.7 Å². The minimum absolute atomic E-state index is 0.0483. The summed E-state index contributed by atoms with van der Waals surface area (Å²) in [6.45, 7) is 8.67. The Morgan fingerprint density at radius 2 is 1.89 bits per heavy atom. The lowest BCUT2D eigenvalue weighted by atomic mass is 9.44. The van der Waals surface area contributed by atoms with E-state index in [0.717, 1.165) is 15.8 Å². The molecule has 1 N–H and O–H groups in total. The third kappa shape index (κ3) is 5.44. The van der Waals surface area contributed by atoms with Crippen molar-refractivity contribution in [3.05, 3.63) is 44.6 Å². The molecule has 0 aliphatic heterocycles. The van der Waals surface area contributed by atoms with E-state index in [1.54, 1.807) is 37.3 Å². The second-order valence-corrected chi connectivity index (χ2v) is 15.9. The highest BCUT2D eigenvalue weighted by atomic mass is 79.9. The number of rotatable bonds is 10. The highest BCUT2D eigenvalue weighted by Gasteiger charge is 2.77. The van der Waals surface area contributed by atoms with Gasteiger partial charge in [0.2, 0.25) is 5.78 Å². The molecule has 0 amide bonds. The second-order valence-electron chi connectivity index (χ2n) is 13.3. The summed E-state index contributed by atoms with van der Waals surface area (Å²) >= 11 is 5.11. The largest absolute Gasteiger partial charge is 0.457 e.